The van der Waals surface area contributed by atoms with Gasteiger partial charge in [-0.1, -0.05) is 6.92 Å². The van der Waals surface area contributed by atoms with Crippen LogP contribution in [0.1, 0.15) is 32.6 Å². The third kappa shape index (κ3) is 7.15. The first-order chi connectivity index (χ1) is 9.75. The number of ether oxygens (including phenoxy) is 1. The maximum atomic E-state index is 6.07. The quantitative estimate of drug-likeness (QED) is 0.325. The van der Waals surface area contributed by atoms with Crippen LogP contribution in [0.25, 0.3) is 0 Å². The van der Waals surface area contributed by atoms with Gasteiger partial charge in [0.25, 0.3) is 0 Å². The molecular formula is C15H31IN4O. The van der Waals surface area contributed by atoms with Crippen LogP contribution in [0.15, 0.2) is 4.99 Å². The summed E-state index contributed by atoms with van der Waals surface area (Å²) < 4.78 is 5.35. The Morgan fingerprint density at radius 1 is 1.14 bits per heavy atom. The van der Waals surface area contributed by atoms with Crippen LogP contribution >= 0.6 is 24.0 Å². The fourth-order valence-electron chi connectivity index (χ4n) is 2.80. The number of nitrogens with two attached hydrogens (primary N) is 1. The summed E-state index contributed by atoms with van der Waals surface area (Å²) in [6, 6.07) is 0. The van der Waals surface area contributed by atoms with Crippen LogP contribution in [0.2, 0.25) is 0 Å². The van der Waals surface area contributed by atoms with Crippen molar-refractivity contribution in [1.82, 2.24) is 9.80 Å². The van der Waals surface area contributed by atoms with Gasteiger partial charge in [-0.3, -0.25) is 9.89 Å². The molecule has 0 aromatic carbocycles. The lowest BCUT2D eigenvalue weighted by atomic mass is 10.00. The fourth-order valence-corrected chi connectivity index (χ4v) is 2.80. The van der Waals surface area contributed by atoms with Gasteiger partial charge < -0.3 is 15.4 Å². The van der Waals surface area contributed by atoms with E-state index in [4.69, 9.17) is 10.5 Å². The smallest absolute Gasteiger partial charge is 0.191 e. The molecule has 0 amide bonds. The Kier molecular flexibility index (Phi) is 9.59. The molecule has 2 N–H and O–H groups in total. The predicted molar refractivity (Wildman–Crippen MR) is 98.4 cm³/mol. The average Bonchev–Trinajstić information content (AvgIpc) is 2.48. The van der Waals surface area contributed by atoms with E-state index in [1.807, 2.05) is 0 Å². The number of piperidine rings is 1. The van der Waals surface area contributed by atoms with Gasteiger partial charge in [0.05, 0.1) is 13.2 Å². The van der Waals surface area contributed by atoms with Gasteiger partial charge >= 0.3 is 0 Å². The van der Waals surface area contributed by atoms with E-state index in [1.165, 1.54) is 25.8 Å². The highest BCUT2D eigenvalue weighted by Gasteiger charge is 2.16. The third-order valence-electron chi connectivity index (χ3n) is 4.37. The van der Waals surface area contributed by atoms with Gasteiger partial charge in [-0.25, -0.2) is 0 Å². The molecule has 2 saturated heterocycles. The molecule has 5 nitrogen and oxygen atoms in total. The topological polar surface area (TPSA) is 54.1 Å². The highest BCUT2D eigenvalue weighted by Crippen LogP contribution is 2.15. The Bertz CT molecular complexity index is 300. The van der Waals surface area contributed by atoms with Gasteiger partial charge in [0.1, 0.15) is 0 Å². The second-order valence-corrected chi connectivity index (χ2v) is 6.07. The van der Waals surface area contributed by atoms with Crippen LogP contribution in [0.5, 0.6) is 0 Å². The lowest BCUT2D eigenvalue weighted by Crippen LogP contribution is -2.42. The Morgan fingerprint density at radius 3 is 2.48 bits per heavy atom. The van der Waals surface area contributed by atoms with Gasteiger partial charge in [0.15, 0.2) is 5.96 Å². The van der Waals surface area contributed by atoms with Crippen molar-refractivity contribution in [1.29, 1.82) is 0 Å². The van der Waals surface area contributed by atoms with Crippen LogP contribution in [0, 0.1) is 5.92 Å². The van der Waals surface area contributed by atoms with Crippen LogP contribution in [0.3, 0.4) is 0 Å². The van der Waals surface area contributed by atoms with E-state index >= 15 is 0 Å². The molecule has 0 spiro atoms. The standard InChI is InChI=1S/C15H30N4O.HI/c1-14-4-8-19(9-5-14)15(16)17-6-2-3-7-18-10-12-20-13-11-18;/h14H,2-13H2,1H3,(H2,16,17);1H. The lowest BCUT2D eigenvalue weighted by molar-refractivity contribution is 0.0373. The number of guanidine groups is 1. The fraction of sp³-hybridized carbons (Fsp3) is 0.933. The lowest BCUT2D eigenvalue weighted by Gasteiger charge is -2.31. The molecule has 0 saturated carbocycles. The molecule has 0 radical (unpaired) electrons. The summed E-state index contributed by atoms with van der Waals surface area (Å²) >= 11 is 0. The van der Waals surface area contributed by atoms with E-state index in [0.717, 1.165) is 64.2 Å². The van der Waals surface area contributed by atoms with Crippen LogP contribution in [-0.2, 0) is 4.74 Å². The summed E-state index contributed by atoms with van der Waals surface area (Å²) in [7, 11) is 0. The normalized spacial score (nSPS) is 22.1. The summed E-state index contributed by atoms with van der Waals surface area (Å²) in [5, 5.41) is 0. The minimum Gasteiger partial charge on any atom is -0.379 e. The number of aliphatic imine (C=N–C) groups is 1. The van der Waals surface area contributed by atoms with Crippen molar-refractivity contribution in [2.45, 2.75) is 32.6 Å². The zero-order chi connectivity index (χ0) is 14.2. The van der Waals surface area contributed by atoms with Gasteiger partial charge in [-0.15, -0.1) is 24.0 Å². The van der Waals surface area contributed by atoms with Crippen LogP contribution in [-0.4, -0.2) is 68.2 Å². The number of hydrogen-bond acceptors (Lipinski definition) is 3. The maximum absolute atomic E-state index is 6.07. The minimum absolute atomic E-state index is 0. The van der Waals surface area contributed by atoms with E-state index < -0.39 is 0 Å². The Balaban J connectivity index is 0.00000220. The van der Waals surface area contributed by atoms with Crippen molar-refractivity contribution in [2.75, 3.05) is 52.5 Å². The molecule has 0 aromatic heterocycles. The van der Waals surface area contributed by atoms with Crippen molar-refractivity contribution < 1.29 is 4.74 Å². The molecule has 0 bridgehead atoms. The number of halogens is 1. The van der Waals surface area contributed by atoms with E-state index in [1.54, 1.807) is 0 Å². The van der Waals surface area contributed by atoms with Crippen LogP contribution < -0.4 is 5.73 Å². The molecule has 124 valence electrons. The van der Waals surface area contributed by atoms with Crippen LogP contribution in [0.4, 0.5) is 0 Å². The third-order valence-corrected chi connectivity index (χ3v) is 4.37. The first kappa shape index (κ1) is 19.0. The number of hydrogen-bond donors (Lipinski definition) is 1. The second kappa shape index (κ2) is 10.6. The Morgan fingerprint density at radius 2 is 1.81 bits per heavy atom. The number of nitrogens with zero attached hydrogens (tertiary/aromatic N) is 3. The second-order valence-electron chi connectivity index (χ2n) is 6.07. The van der Waals surface area contributed by atoms with E-state index in [2.05, 4.69) is 21.7 Å². The van der Waals surface area contributed by atoms with E-state index in [0.29, 0.717) is 0 Å². The number of unbranched alkanes of at least 4 members (excludes halogenated alkanes) is 1. The molecule has 2 aliphatic heterocycles. The molecule has 0 aromatic rings. The van der Waals surface area contributed by atoms with Crippen molar-refractivity contribution in [3.05, 3.63) is 0 Å². The molecule has 2 heterocycles. The van der Waals surface area contributed by atoms with E-state index in [9.17, 15) is 0 Å². The highest BCUT2D eigenvalue weighted by molar-refractivity contribution is 14.0. The Hall–Kier alpha value is -0.0800. The molecule has 0 atom stereocenters. The first-order valence-electron chi connectivity index (χ1n) is 8.10. The number of rotatable bonds is 5. The molecule has 2 rings (SSSR count). The molecule has 21 heavy (non-hydrogen) atoms. The van der Waals surface area contributed by atoms with E-state index in [-0.39, 0.29) is 24.0 Å². The Labute approximate surface area is 146 Å². The zero-order valence-corrected chi connectivity index (χ0v) is 15.6. The van der Waals surface area contributed by atoms with Crippen molar-refractivity contribution >= 4 is 29.9 Å². The molecular weight excluding hydrogens is 379 g/mol. The van der Waals surface area contributed by atoms with Crippen molar-refractivity contribution in [2.24, 2.45) is 16.6 Å². The number of morpholine rings is 1. The van der Waals surface area contributed by atoms with Gasteiger partial charge in [0.2, 0.25) is 0 Å². The highest BCUT2D eigenvalue weighted by atomic mass is 127. The summed E-state index contributed by atoms with van der Waals surface area (Å²) in [4.78, 5) is 9.25. The zero-order valence-electron chi connectivity index (χ0n) is 13.3. The molecule has 2 fully saturated rings. The monoisotopic (exact) mass is 410 g/mol. The summed E-state index contributed by atoms with van der Waals surface area (Å²) in [5.41, 5.74) is 6.07. The number of likely N-dealkylation sites (tertiary alicyclic amines) is 1. The predicted octanol–water partition coefficient (Wildman–Crippen LogP) is 1.76. The first-order valence-corrected chi connectivity index (χ1v) is 8.10. The molecule has 2 aliphatic rings. The minimum atomic E-state index is 0. The van der Waals surface area contributed by atoms with Crippen molar-refractivity contribution in [3.8, 4) is 0 Å². The summed E-state index contributed by atoms with van der Waals surface area (Å²) in [6.45, 7) is 10.4. The molecule has 6 heteroatoms. The maximum Gasteiger partial charge on any atom is 0.191 e. The SMILES string of the molecule is CC1CCN(C(N)=NCCCCN2CCOCC2)CC1.I. The van der Waals surface area contributed by atoms with Crippen molar-refractivity contribution in [3.63, 3.8) is 0 Å². The molecule has 0 unspecified atom stereocenters. The average molecular weight is 410 g/mol. The molecule has 0 aliphatic carbocycles. The van der Waals surface area contributed by atoms with Gasteiger partial charge in [-0.05, 0) is 38.1 Å². The van der Waals surface area contributed by atoms with Gasteiger partial charge in [0, 0.05) is 32.7 Å². The summed E-state index contributed by atoms with van der Waals surface area (Å²) in [6.07, 6.45) is 4.82. The largest absolute Gasteiger partial charge is 0.379 e. The van der Waals surface area contributed by atoms with Gasteiger partial charge in [-0.2, -0.15) is 0 Å². The summed E-state index contributed by atoms with van der Waals surface area (Å²) in [5.74, 6) is 1.59.